The van der Waals surface area contributed by atoms with Crippen LogP contribution in [0.4, 0.5) is 5.13 Å². The number of hydrogen-bond donors (Lipinski definition) is 4. The predicted octanol–water partition coefficient (Wildman–Crippen LogP) is 3.43. The molecule has 1 rings (SSSR count). The lowest BCUT2D eigenvalue weighted by atomic mass is 9.96. The van der Waals surface area contributed by atoms with Crippen molar-refractivity contribution in [3.63, 3.8) is 0 Å². The predicted molar refractivity (Wildman–Crippen MR) is 117 cm³/mol. The number of aliphatic hydroxyl groups excluding tert-OH is 1. The maximum Gasteiger partial charge on any atom is 0.249 e. The summed E-state index contributed by atoms with van der Waals surface area (Å²) in [5, 5.41) is 25.7. The summed E-state index contributed by atoms with van der Waals surface area (Å²) in [5.41, 5.74) is -0.658. The monoisotopic (exact) mass is 427 g/mol. The first-order chi connectivity index (χ1) is 13.4. The Balaban J connectivity index is 2.66. The van der Waals surface area contributed by atoms with E-state index in [-0.39, 0.29) is 17.7 Å². The molecule has 29 heavy (non-hydrogen) atoms. The van der Waals surface area contributed by atoms with Gasteiger partial charge in [-0.25, -0.2) is 4.98 Å². The molecule has 0 aliphatic rings. The van der Waals surface area contributed by atoms with Gasteiger partial charge in [0.2, 0.25) is 11.8 Å². The number of carbonyl (C=O) groups excluding carboxylic acids is 2. The Morgan fingerprint density at radius 1 is 1.21 bits per heavy atom. The second-order valence-corrected chi connectivity index (χ2v) is 9.76. The van der Waals surface area contributed by atoms with Gasteiger partial charge in [-0.3, -0.25) is 9.59 Å². The highest BCUT2D eigenvalue weighted by atomic mass is 32.1. The molecule has 0 spiro atoms. The summed E-state index contributed by atoms with van der Waals surface area (Å²) in [6, 6.07) is -0.711. The Hall–Kier alpha value is -1.51. The number of aromatic nitrogens is 1. The molecule has 1 unspecified atom stereocenters. The zero-order valence-corrected chi connectivity index (χ0v) is 19.3. The first-order valence-electron chi connectivity index (χ1n) is 10.4. The Bertz CT molecular complexity index is 655. The summed E-state index contributed by atoms with van der Waals surface area (Å²) in [6.07, 6.45) is 4.41. The number of thiazole rings is 1. The van der Waals surface area contributed by atoms with Gasteiger partial charge >= 0.3 is 0 Å². The first-order valence-corrected chi connectivity index (χ1v) is 11.2. The molecule has 3 atom stereocenters. The number of aliphatic hydroxyl groups is 2. The van der Waals surface area contributed by atoms with E-state index in [1.165, 1.54) is 11.3 Å². The number of amides is 2. The topological polar surface area (TPSA) is 112 Å². The molecule has 0 aromatic carbocycles. The summed E-state index contributed by atoms with van der Waals surface area (Å²) in [5.74, 6) is -0.798. The number of anilines is 1. The lowest BCUT2D eigenvalue weighted by molar-refractivity contribution is -0.134. The fraction of sp³-hybridized carbons (Fsp3) is 0.762. The summed E-state index contributed by atoms with van der Waals surface area (Å²) >= 11 is 1.43. The highest BCUT2D eigenvalue weighted by Gasteiger charge is 2.26. The van der Waals surface area contributed by atoms with Crippen molar-refractivity contribution in [3.05, 3.63) is 11.1 Å². The molecular weight excluding hydrogens is 390 g/mol. The third-order valence-corrected chi connectivity index (χ3v) is 5.92. The van der Waals surface area contributed by atoms with Crippen LogP contribution in [0.3, 0.4) is 0 Å². The van der Waals surface area contributed by atoms with E-state index in [1.54, 1.807) is 20.0 Å². The standard InChI is InChI=1S/C21H37N3O4S/c1-7-9-15(23-19(27)17(25)13(2)3)18(26)24-20-22-12-16(29-20)14(4)10-8-11-21(5,6)28/h12-15,17,25,28H,7-11H2,1-6H3,(H,23,27)(H,22,24,26)/t14?,15-,17-/m0/s1. The van der Waals surface area contributed by atoms with E-state index in [1.807, 2.05) is 20.8 Å². The average Bonchev–Trinajstić information content (AvgIpc) is 3.07. The van der Waals surface area contributed by atoms with Crippen molar-refractivity contribution in [3.8, 4) is 0 Å². The molecule has 0 aliphatic carbocycles. The number of nitrogens with one attached hydrogen (secondary N) is 2. The minimum absolute atomic E-state index is 0.222. The summed E-state index contributed by atoms with van der Waals surface area (Å²) in [6.45, 7) is 11.2. The molecule has 1 aromatic rings. The molecule has 8 heteroatoms. The Morgan fingerprint density at radius 2 is 1.86 bits per heavy atom. The van der Waals surface area contributed by atoms with Crippen LogP contribution in [0.2, 0.25) is 0 Å². The summed E-state index contributed by atoms with van der Waals surface area (Å²) in [7, 11) is 0. The van der Waals surface area contributed by atoms with Gasteiger partial charge in [-0.2, -0.15) is 0 Å². The van der Waals surface area contributed by atoms with Crippen molar-refractivity contribution in [2.45, 2.75) is 97.3 Å². The van der Waals surface area contributed by atoms with Crippen molar-refractivity contribution in [2.24, 2.45) is 5.92 Å². The highest BCUT2D eigenvalue weighted by molar-refractivity contribution is 7.15. The second kappa shape index (κ2) is 11.6. The van der Waals surface area contributed by atoms with Gasteiger partial charge in [0.25, 0.3) is 0 Å². The molecule has 0 bridgehead atoms. The molecule has 166 valence electrons. The molecule has 4 N–H and O–H groups in total. The van der Waals surface area contributed by atoms with Gasteiger partial charge in [-0.05, 0) is 51.4 Å². The van der Waals surface area contributed by atoms with Crippen LogP contribution in [-0.4, -0.2) is 44.8 Å². The van der Waals surface area contributed by atoms with E-state index in [4.69, 9.17) is 0 Å². The van der Waals surface area contributed by atoms with Gasteiger partial charge in [0.1, 0.15) is 12.1 Å². The van der Waals surface area contributed by atoms with Crippen LogP contribution in [0, 0.1) is 5.92 Å². The smallest absolute Gasteiger partial charge is 0.249 e. The molecule has 0 saturated heterocycles. The lowest BCUT2D eigenvalue weighted by Gasteiger charge is -2.20. The van der Waals surface area contributed by atoms with E-state index >= 15 is 0 Å². The highest BCUT2D eigenvalue weighted by Crippen LogP contribution is 2.30. The van der Waals surface area contributed by atoms with Crippen LogP contribution >= 0.6 is 11.3 Å². The molecule has 0 aliphatic heterocycles. The zero-order chi connectivity index (χ0) is 22.2. The fourth-order valence-electron chi connectivity index (χ4n) is 2.87. The third kappa shape index (κ3) is 9.23. The van der Waals surface area contributed by atoms with E-state index in [0.29, 0.717) is 11.6 Å². The maximum absolute atomic E-state index is 12.6. The van der Waals surface area contributed by atoms with Crippen LogP contribution in [0.5, 0.6) is 0 Å². The van der Waals surface area contributed by atoms with Gasteiger partial charge in [0, 0.05) is 11.1 Å². The Labute approximate surface area is 178 Å². The quantitative estimate of drug-likeness (QED) is 0.408. The van der Waals surface area contributed by atoms with Gasteiger partial charge in [-0.1, -0.05) is 34.1 Å². The fourth-order valence-corrected chi connectivity index (χ4v) is 3.77. The minimum Gasteiger partial charge on any atom is -0.390 e. The van der Waals surface area contributed by atoms with E-state index in [9.17, 15) is 19.8 Å². The van der Waals surface area contributed by atoms with Crippen molar-refractivity contribution in [2.75, 3.05) is 5.32 Å². The van der Waals surface area contributed by atoms with Gasteiger partial charge in [-0.15, -0.1) is 11.3 Å². The summed E-state index contributed by atoms with van der Waals surface area (Å²) in [4.78, 5) is 30.1. The Kier molecular flexibility index (Phi) is 10.2. The Morgan fingerprint density at radius 3 is 2.41 bits per heavy atom. The maximum atomic E-state index is 12.6. The van der Waals surface area contributed by atoms with Crippen molar-refractivity contribution < 1.29 is 19.8 Å². The largest absolute Gasteiger partial charge is 0.390 e. The number of rotatable bonds is 12. The molecule has 1 heterocycles. The van der Waals surface area contributed by atoms with E-state index in [2.05, 4.69) is 22.5 Å². The van der Waals surface area contributed by atoms with Crippen molar-refractivity contribution in [1.29, 1.82) is 0 Å². The molecule has 0 radical (unpaired) electrons. The average molecular weight is 428 g/mol. The van der Waals surface area contributed by atoms with Crippen LogP contribution in [0.25, 0.3) is 0 Å². The number of nitrogens with zero attached hydrogens (tertiary/aromatic N) is 1. The first kappa shape index (κ1) is 25.5. The van der Waals surface area contributed by atoms with E-state index in [0.717, 1.165) is 30.6 Å². The molecule has 0 fully saturated rings. The van der Waals surface area contributed by atoms with Crippen molar-refractivity contribution >= 4 is 28.3 Å². The van der Waals surface area contributed by atoms with Crippen LogP contribution in [-0.2, 0) is 9.59 Å². The molecular formula is C21H37N3O4S. The minimum atomic E-state index is -1.14. The molecule has 1 aromatic heterocycles. The zero-order valence-electron chi connectivity index (χ0n) is 18.5. The number of carbonyl (C=O) groups is 2. The lowest BCUT2D eigenvalue weighted by Crippen LogP contribution is -2.48. The normalized spacial score (nSPS) is 15.1. The second-order valence-electron chi connectivity index (χ2n) is 8.70. The van der Waals surface area contributed by atoms with Crippen LogP contribution in [0.1, 0.15) is 84.4 Å². The van der Waals surface area contributed by atoms with Crippen LogP contribution < -0.4 is 10.6 Å². The van der Waals surface area contributed by atoms with E-state index < -0.39 is 23.7 Å². The molecule has 0 saturated carbocycles. The van der Waals surface area contributed by atoms with Crippen LogP contribution in [0.15, 0.2) is 6.20 Å². The SMILES string of the molecule is CCC[C@H](NC(=O)[C@@H](O)C(C)C)C(=O)Nc1ncc(C(C)CCCC(C)(C)O)s1. The molecule has 7 nitrogen and oxygen atoms in total. The number of hydrogen-bond acceptors (Lipinski definition) is 6. The van der Waals surface area contributed by atoms with Gasteiger partial charge in [0.05, 0.1) is 5.60 Å². The summed E-state index contributed by atoms with van der Waals surface area (Å²) < 4.78 is 0. The van der Waals surface area contributed by atoms with Crippen molar-refractivity contribution in [1.82, 2.24) is 10.3 Å². The van der Waals surface area contributed by atoms with Gasteiger partial charge < -0.3 is 20.8 Å². The molecule has 2 amide bonds. The third-order valence-electron chi connectivity index (χ3n) is 4.78. The van der Waals surface area contributed by atoms with Gasteiger partial charge in [0.15, 0.2) is 5.13 Å².